The van der Waals surface area contributed by atoms with Crippen molar-refractivity contribution >= 4 is 17.5 Å². The van der Waals surface area contributed by atoms with Crippen LogP contribution in [0.1, 0.15) is 27.3 Å². The van der Waals surface area contributed by atoms with Crippen molar-refractivity contribution in [1.82, 2.24) is 15.3 Å². The van der Waals surface area contributed by atoms with Gasteiger partial charge in [0, 0.05) is 17.9 Å². The van der Waals surface area contributed by atoms with E-state index in [0.29, 0.717) is 35.4 Å². The smallest absolute Gasteiger partial charge is 0.270 e. The van der Waals surface area contributed by atoms with E-state index in [2.05, 4.69) is 20.6 Å². The molecule has 2 N–H and O–H groups in total. The number of benzene rings is 2. The molecule has 28 heavy (non-hydrogen) atoms. The number of rotatable bonds is 5. The average Bonchev–Trinajstić information content (AvgIpc) is 3.15. The van der Waals surface area contributed by atoms with Crippen LogP contribution in [-0.4, -0.2) is 22.7 Å². The molecule has 0 spiro atoms. The molecular weight excluding hydrogens is 356 g/mol. The number of ether oxygens (including phenoxy) is 2. The Morgan fingerprint density at radius 1 is 1.04 bits per heavy atom. The quantitative estimate of drug-likeness (QED) is 0.709. The number of anilines is 2. The van der Waals surface area contributed by atoms with E-state index in [-0.39, 0.29) is 12.7 Å². The van der Waals surface area contributed by atoms with E-state index in [9.17, 15) is 4.79 Å². The lowest BCUT2D eigenvalue weighted by molar-refractivity contribution is 0.0945. The van der Waals surface area contributed by atoms with Gasteiger partial charge in [-0.25, -0.2) is 9.97 Å². The number of hydrogen-bond donors (Lipinski definition) is 2. The highest BCUT2D eigenvalue weighted by Gasteiger charge is 2.15. The molecule has 4 rings (SSSR count). The van der Waals surface area contributed by atoms with Crippen LogP contribution in [0.4, 0.5) is 11.6 Å². The molecule has 1 aliphatic rings. The van der Waals surface area contributed by atoms with Crippen LogP contribution in [0.5, 0.6) is 11.5 Å². The highest BCUT2D eigenvalue weighted by atomic mass is 16.7. The second-order valence-electron chi connectivity index (χ2n) is 6.53. The standard InChI is InChI=1S/C21H20N4O3/c1-13-5-3-4-6-16(13)24-21-23-14(2)9-17(25-21)20(26)22-11-15-7-8-18-19(10-15)28-12-27-18/h3-10H,11-12H2,1-2H3,(H,22,26)(H,23,24,25). The molecule has 0 saturated heterocycles. The van der Waals surface area contributed by atoms with Crippen LogP contribution in [0.25, 0.3) is 0 Å². The Bertz CT molecular complexity index is 1040. The van der Waals surface area contributed by atoms with Gasteiger partial charge in [0.15, 0.2) is 11.5 Å². The first-order chi connectivity index (χ1) is 13.6. The normalized spacial score (nSPS) is 11.9. The third-order valence-electron chi connectivity index (χ3n) is 4.37. The summed E-state index contributed by atoms with van der Waals surface area (Å²) < 4.78 is 10.7. The molecule has 0 fully saturated rings. The summed E-state index contributed by atoms with van der Waals surface area (Å²) in [6, 6.07) is 15.1. The fourth-order valence-electron chi connectivity index (χ4n) is 2.90. The Labute approximate surface area is 162 Å². The molecule has 0 bridgehead atoms. The number of carbonyl (C=O) groups is 1. The summed E-state index contributed by atoms with van der Waals surface area (Å²) in [6.45, 7) is 4.41. The van der Waals surface area contributed by atoms with Gasteiger partial charge in [-0.05, 0) is 49.2 Å². The number of nitrogens with one attached hydrogen (secondary N) is 2. The van der Waals surface area contributed by atoms with Gasteiger partial charge >= 0.3 is 0 Å². The lowest BCUT2D eigenvalue weighted by Gasteiger charge is -2.10. The number of aryl methyl sites for hydroxylation is 2. The first-order valence-corrected chi connectivity index (χ1v) is 8.93. The SMILES string of the molecule is Cc1cc(C(=O)NCc2ccc3c(c2)OCO3)nc(Nc2ccccc2C)n1. The third-order valence-corrected chi connectivity index (χ3v) is 4.37. The number of carbonyl (C=O) groups excluding carboxylic acids is 1. The van der Waals surface area contributed by atoms with E-state index in [4.69, 9.17) is 9.47 Å². The highest BCUT2D eigenvalue weighted by Crippen LogP contribution is 2.32. The van der Waals surface area contributed by atoms with Crippen LogP contribution >= 0.6 is 0 Å². The Hall–Kier alpha value is -3.61. The Kier molecular flexibility index (Phi) is 4.80. The van der Waals surface area contributed by atoms with Gasteiger partial charge in [0.2, 0.25) is 12.7 Å². The predicted molar refractivity (Wildman–Crippen MR) is 105 cm³/mol. The summed E-state index contributed by atoms with van der Waals surface area (Å²) >= 11 is 0. The predicted octanol–water partition coefficient (Wildman–Crippen LogP) is 3.50. The molecule has 0 saturated carbocycles. The van der Waals surface area contributed by atoms with Gasteiger partial charge in [0.05, 0.1) is 0 Å². The Morgan fingerprint density at radius 2 is 1.86 bits per heavy atom. The molecular formula is C21H20N4O3. The van der Waals surface area contributed by atoms with Crippen LogP contribution in [0, 0.1) is 13.8 Å². The number of para-hydroxylation sites is 1. The maximum absolute atomic E-state index is 12.6. The zero-order chi connectivity index (χ0) is 19.5. The second-order valence-corrected chi connectivity index (χ2v) is 6.53. The molecule has 7 heteroatoms. The Morgan fingerprint density at radius 3 is 2.71 bits per heavy atom. The van der Waals surface area contributed by atoms with Crippen molar-refractivity contribution in [3.05, 3.63) is 71.0 Å². The lowest BCUT2D eigenvalue weighted by Crippen LogP contribution is -2.24. The van der Waals surface area contributed by atoms with Crippen molar-refractivity contribution in [1.29, 1.82) is 0 Å². The van der Waals surface area contributed by atoms with Gasteiger partial charge < -0.3 is 20.1 Å². The number of aromatic nitrogens is 2. The first kappa shape index (κ1) is 17.8. The van der Waals surface area contributed by atoms with Crippen LogP contribution in [0.15, 0.2) is 48.5 Å². The molecule has 1 aromatic heterocycles. The van der Waals surface area contributed by atoms with Crippen molar-refractivity contribution in [3.8, 4) is 11.5 Å². The van der Waals surface area contributed by atoms with Crippen molar-refractivity contribution in [2.24, 2.45) is 0 Å². The fourth-order valence-corrected chi connectivity index (χ4v) is 2.90. The van der Waals surface area contributed by atoms with Crippen molar-refractivity contribution < 1.29 is 14.3 Å². The van der Waals surface area contributed by atoms with Gasteiger partial charge in [-0.3, -0.25) is 4.79 Å². The van der Waals surface area contributed by atoms with E-state index in [0.717, 1.165) is 16.8 Å². The van der Waals surface area contributed by atoms with Crippen LogP contribution in [0.2, 0.25) is 0 Å². The van der Waals surface area contributed by atoms with E-state index >= 15 is 0 Å². The molecule has 142 valence electrons. The molecule has 0 radical (unpaired) electrons. The number of nitrogens with zero attached hydrogens (tertiary/aromatic N) is 2. The van der Waals surface area contributed by atoms with E-state index < -0.39 is 0 Å². The number of hydrogen-bond acceptors (Lipinski definition) is 6. The van der Waals surface area contributed by atoms with Crippen LogP contribution in [0.3, 0.4) is 0 Å². The van der Waals surface area contributed by atoms with E-state index in [1.165, 1.54) is 0 Å². The van der Waals surface area contributed by atoms with Gasteiger partial charge in [0.1, 0.15) is 5.69 Å². The summed E-state index contributed by atoms with van der Waals surface area (Å²) in [5, 5.41) is 6.06. The van der Waals surface area contributed by atoms with Gasteiger partial charge in [-0.15, -0.1) is 0 Å². The maximum atomic E-state index is 12.6. The minimum absolute atomic E-state index is 0.224. The highest BCUT2D eigenvalue weighted by molar-refractivity contribution is 5.92. The summed E-state index contributed by atoms with van der Waals surface area (Å²) in [5.41, 5.74) is 3.91. The van der Waals surface area contributed by atoms with Gasteiger partial charge in [0.25, 0.3) is 5.91 Å². The summed E-state index contributed by atoms with van der Waals surface area (Å²) in [4.78, 5) is 21.3. The monoisotopic (exact) mass is 376 g/mol. The summed E-state index contributed by atoms with van der Waals surface area (Å²) in [5.74, 6) is 1.53. The maximum Gasteiger partial charge on any atom is 0.270 e. The van der Waals surface area contributed by atoms with Crippen molar-refractivity contribution in [3.63, 3.8) is 0 Å². The first-order valence-electron chi connectivity index (χ1n) is 8.93. The lowest BCUT2D eigenvalue weighted by atomic mass is 10.2. The number of amides is 1. The topological polar surface area (TPSA) is 85.4 Å². The van der Waals surface area contributed by atoms with Crippen LogP contribution < -0.4 is 20.1 Å². The molecule has 2 heterocycles. The molecule has 1 aliphatic heterocycles. The third kappa shape index (κ3) is 3.88. The minimum atomic E-state index is -0.268. The molecule has 0 unspecified atom stereocenters. The molecule has 3 aromatic rings. The molecule has 0 aliphatic carbocycles. The molecule has 2 aromatic carbocycles. The van der Waals surface area contributed by atoms with E-state index in [1.54, 1.807) is 6.07 Å². The average molecular weight is 376 g/mol. The summed E-state index contributed by atoms with van der Waals surface area (Å²) in [6.07, 6.45) is 0. The zero-order valence-corrected chi connectivity index (χ0v) is 15.7. The minimum Gasteiger partial charge on any atom is -0.454 e. The largest absolute Gasteiger partial charge is 0.454 e. The molecule has 1 amide bonds. The second kappa shape index (κ2) is 7.56. The molecule has 7 nitrogen and oxygen atoms in total. The number of fused-ring (bicyclic) bond motifs is 1. The van der Waals surface area contributed by atoms with E-state index in [1.807, 2.05) is 56.3 Å². The fraction of sp³-hybridized carbons (Fsp3) is 0.190. The van der Waals surface area contributed by atoms with Crippen LogP contribution in [-0.2, 0) is 6.54 Å². The van der Waals surface area contributed by atoms with Gasteiger partial charge in [-0.1, -0.05) is 24.3 Å². The molecule has 0 atom stereocenters. The van der Waals surface area contributed by atoms with Crippen molar-refractivity contribution in [2.75, 3.05) is 12.1 Å². The van der Waals surface area contributed by atoms with Crippen molar-refractivity contribution in [2.45, 2.75) is 20.4 Å². The summed E-state index contributed by atoms with van der Waals surface area (Å²) in [7, 11) is 0. The Balaban J connectivity index is 1.46. The van der Waals surface area contributed by atoms with Gasteiger partial charge in [-0.2, -0.15) is 0 Å². The zero-order valence-electron chi connectivity index (χ0n) is 15.7.